The van der Waals surface area contributed by atoms with E-state index >= 15 is 0 Å². The van der Waals surface area contributed by atoms with Crippen LogP contribution in [-0.2, 0) is 7.05 Å². The Kier molecular flexibility index (Phi) is 5.60. The normalized spacial score (nSPS) is 16.4. The fraction of sp³-hybridized carbons (Fsp3) is 0.333. The molecule has 0 aliphatic carbocycles. The van der Waals surface area contributed by atoms with Crippen molar-refractivity contribution in [2.75, 3.05) is 20.2 Å². The van der Waals surface area contributed by atoms with E-state index in [9.17, 15) is 9.18 Å². The van der Waals surface area contributed by atoms with Crippen molar-refractivity contribution in [1.29, 1.82) is 0 Å². The van der Waals surface area contributed by atoms with Crippen LogP contribution in [0.5, 0.6) is 11.8 Å². The molecule has 3 aromatic rings. The SMILES string of the molecule is COc1cccc(-c2cc(C(=O)N3CCCC(Oc4ncc(F)cn4)C3)n(C)n2)c1. The molecule has 9 heteroatoms. The minimum absolute atomic E-state index is 0.108. The van der Waals surface area contributed by atoms with E-state index in [2.05, 4.69) is 15.1 Å². The average Bonchev–Trinajstić information content (AvgIpc) is 3.17. The minimum atomic E-state index is -0.522. The number of benzene rings is 1. The highest BCUT2D eigenvalue weighted by Gasteiger charge is 2.28. The van der Waals surface area contributed by atoms with Gasteiger partial charge in [0, 0.05) is 19.2 Å². The predicted molar refractivity (Wildman–Crippen MR) is 107 cm³/mol. The molecule has 2 aromatic heterocycles. The summed E-state index contributed by atoms with van der Waals surface area (Å²) < 4.78 is 25.6. The molecule has 1 aromatic carbocycles. The summed E-state index contributed by atoms with van der Waals surface area (Å²) in [6.45, 7) is 1.03. The van der Waals surface area contributed by atoms with Gasteiger partial charge in [0.2, 0.25) is 0 Å². The molecular formula is C21H22FN5O3. The number of likely N-dealkylation sites (tertiary alicyclic amines) is 1. The van der Waals surface area contributed by atoms with Crippen LogP contribution in [0.4, 0.5) is 4.39 Å². The summed E-state index contributed by atoms with van der Waals surface area (Å²) in [5.74, 6) is 0.0865. The molecule has 1 aliphatic heterocycles. The van der Waals surface area contributed by atoms with Crippen molar-refractivity contribution in [2.24, 2.45) is 7.05 Å². The van der Waals surface area contributed by atoms with Crippen LogP contribution < -0.4 is 9.47 Å². The molecule has 1 atom stereocenters. The summed E-state index contributed by atoms with van der Waals surface area (Å²) in [6, 6.07) is 9.43. The second kappa shape index (κ2) is 8.48. The molecule has 0 spiro atoms. The van der Waals surface area contributed by atoms with Crippen molar-refractivity contribution in [2.45, 2.75) is 18.9 Å². The zero-order chi connectivity index (χ0) is 21.1. The van der Waals surface area contributed by atoms with Crippen LogP contribution in [-0.4, -0.2) is 56.9 Å². The number of ether oxygens (including phenoxy) is 2. The minimum Gasteiger partial charge on any atom is -0.497 e. The Labute approximate surface area is 173 Å². The Morgan fingerprint density at radius 3 is 2.80 bits per heavy atom. The first-order valence-electron chi connectivity index (χ1n) is 9.65. The predicted octanol–water partition coefficient (Wildman–Crippen LogP) is 2.71. The number of hydrogen-bond acceptors (Lipinski definition) is 6. The van der Waals surface area contributed by atoms with E-state index in [0.717, 1.165) is 36.5 Å². The lowest BCUT2D eigenvalue weighted by Gasteiger charge is -2.32. The molecule has 1 fully saturated rings. The van der Waals surface area contributed by atoms with E-state index in [1.54, 1.807) is 29.8 Å². The van der Waals surface area contributed by atoms with Gasteiger partial charge in [-0.15, -0.1) is 0 Å². The van der Waals surface area contributed by atoms with Crippen LogP contribution >= 0.6 is 0 Å². The van der Waals surface area contributed by atoms with Gasteiger partial charge in [-0.3, -0.25) is 9.48 Å². The number of halogens is 1. The maximum absolute atomic E-state index is 13.1. The van der Waals surface area contributed by atoms with Gasteiger partial charge in [0.1, 0.15) is 17.5 Å². The van der Waals surface area contributed by atoms with Crippen LogP contribution in [0.3, 0.4) is 0 Å². The van der Waals surface area contributed by atoms with Gasteiger partial charge >= 0.3 is 6.01 Å². The molecule has 3 heterocycles. The average molecular weight is 411 g/mol. The smallest absolute Gasteiger partial charge is 0.316 e. The van der Waals surface area contributed by atoms with Gasteiger partial charge in [0.05, 0.1) is 31.7 Å². The van der Waals surface area contributed by atoms with Crippen LogP contribution in [0.25, 0.3) is 11.3 Å². The first-order chi connectivity index (χ1) is 14.5. The highest BCUT2D eigenvalue weighted by atomic mass is 19.1. The second-order valence-electron chi connectivity index (χ2n) is 7.09. The van der Waals surface area contributed by atoms with Crippen LogP contribution in [0.15, 0.2) is 42.7 Å². The van der Waals surface area contributed by atoms with Crippen molar-refractivity contribution in [1.82, 2.24) is 24.6 Å². The third-order valence-electron chi connectivity index (χ3n) is 5.00. The third kappa shape index (κ3) is 4.24. The number of hydrogen-bond donors (Lipinski definition) is 0. The Morgan fingerprint density at radius 2 is 2.03 bits per heavy atom. The van der Waals surface area contributed by atoms with Crippen LogP contribution in [0.1, 0.15) is 23.3 Å². The number of carbonyl (C=O) groups excluding carboxylic acids is 1. The second-order valence-corrected chi connectivity index (χ2v) is 7.09. The fourth-order valence-electron chi connectivity index (χ4n) is 3.48. The molecule has 30 heavy (non-hydrogen) atoms. The highest BCUT2D eigenvalue weighted by molar-refractivity contribution is 5.93. The van der Waals surface area contributed by atoms with Gasteiger partial charge < -0.3 is 14.4 Å². The fourth-order valence-corrected chi connectivity index (χ4v) is 3.48. The maximum atomic E-state index is 13.1. The molecule has 4 rings (SSSR count). The van der Waals surface area contributed by atoms with E-state index in [1.807, 2.05) is 24.3 Å². The molecule has 1 amide bonds. The molecule has 1 unspecified atom stereocenters. The van der Waals surface area contributed by atoms with Gasteiger partial charge in [-0.05, 0) is 31.0 Å². The largest absolute Gasteiger partial charge is 0.497 e. The summed E-state index contributed by atoms with van der Waals surface area (Å²) >= 11 is 0. The molecule has 8 nitrogen and oxygen atoms in total. The summed E-state index contributed by atoms with van der Waals surface area (Å²) in [6.07, 6.45) is 3.43. The molecule has 1 saturated heterocycles. The molecule has 0 bridgehead atoms. The standard InChI is InChI=1S/C21H22FN5O3/c1-26-19(10-18(25-26)14-5-3-6-16(9-14)29-2)20(28)27-8-4-7-17(13-27)30-21-23-11-15(22)12-24-21/h3,5-6,9-12,17H,4,7-8,13H2,1-2H3. The monoisotopic (exact) mass is 411 g/mol. The molecular weight excluding hydrogens is 389 g/mol. The lowest BCUT2D eigenvalue weighted by atomic mass is 10.1. The van der Waals surface area contributed by atoms with Crippen molar-refractivity contribution in [3.8, 4) is 23.0 Å². The summed E-state index contributed by atoms with van der Waals surface area (Å²) in [5, 5.41) is 4.49. The quantitative estimate of drug-likeness (QED) is 0.642. The van der Waals surface area contributed by atoms with Gasteiger partial charge in [0.15, 0.2) is 5.82 Å². The summed E-state index contributed by atoms with van der Waals surface area (Å²) in [7, 11) is 3.36. The number of aromatic nitrogens is 4. The summed E-state index contributed by atoms with van der Waals surface area (Å²) in [5.41, 5.74) is 2.06. The number of piperidine rings is 1. The van der Waals surface area contributed by atoms with E-state index in [-0.39, 0.29) is 18.0 Å². The van der Waals surface area contributed by atoms with E-state index in [4.69, 9.17) is 9.47 Å². The van der Waals surface area contributed by atoms with Gasteiger partial charge in [-0.25, -0.2) is 14.4 Å². The van der Waals surface area contributed by atoms with Crippen molar-refractivity contribution >= 4 is 5.91 Å². The van der Waals surface area contributed by atoms with Crippen LogP contribution in [0, 0.1) is 5.82 Å². The molecule has 0 radical (unpaired) electrons. The lowest BCUT2D eigenvalue weighted by molar-refractivity contribution is 0.0506. The van der Waals surface area contributed by atoms with E-state index < -0.39 is 5.82 Å². The zero-order valence-corrected chi connectivity index (χ0v) is 16.8. The van der Waals surface area contributed by atoms with E-state index in [0.29, 0.717) is 24.5 Å². The maximum Gasteiger partial charge on any atom is 0.316 e. The number of aryl methyl sites for hydroxylation is 1. The number of carbonyl (C=O) groups is 1. The zero-order valence-electron chi connectivity index (χ0n) is 16.8. The Bertz CT molecular complexity index is 1040. The Morgan fingerprint density at radius 1 is 1.23 bits per heavy atom. The topological polar surface area (TPSA) is 82.4 Å². The van der Waals surface area contributed by atoms with Crippen molar-refractivity contribution in [3.05, 3.63) is 54.2 Å². The van der Waals surface area contributed by atoms with Gasteiger partial charge in [-0.2, -0.15) is 5.10 Å². The molecule has 156 valence electrons. The van der Waals surface area contributed by atoms with E-state index in [1.165, 1.54) is 0 Å². The Hall–Kier alpha value is -3.49. The van der Waals surface area contributed by atoms with Crippen LogP contribution in [0.2, 0.25) is 0 Å². The first kappa shape index (κ1) is 19.8. The number of amides is 1. The summed E-state index contributed by atoms with van der Waals surface area (Å²) in [4.78, 5) is 22.5. The third-order valence-corrected chi connectivity index (χ3v) is 5.00. The molecule has 0 N–H and O–H groups in total. The Balaban J connectivity index is 1.48. The number of rotatable bonds is 5. The number of nitrogens with zero attached hydrogens (tertiary/aromatic N) is 5. The van der Waals surface area contributed by atoms with Crippen molar-refractivity contribution in [3.63, 3.8) is 0 Å². The lowest BCUT2D eigenvalue weighted by Crippen LogP contribution is -2.45. The molecule has 1 aliphatic rings. The molecule has 0 saturated carbocycles. The van der Waals surface area contributed by atoms with Gasteiger partial charge in [-0.1, -0.05) is 12.1 Å². The van der Waals surface area contributed by atoms with Gasteiger partial charge in [0.25, 0.3) is 5.91 Å². The number of methoxy groups -OCH3 is 1. The first-order valence-corrected chi connectivity index (χ1v) is 9.65. The highest BCUT2D eigenvalue weighted by Crippen LogP contribution is 2.24. The van der Waals surface area contributed by atoms with Crippen molar-refractivity contribution < 1.29 is 18.7 Å².